The van der Waals surface area contributed by atoms with Crippen molar-refractivity contribution in [3.8, 4) is 0 Å². The number of nitrogens with zero attached hydrogens (tertiary/aromatic N) is 1. The standard InChI is InChI=1S/C5H4NO2/c7-5-3-1-2-4-6(5)8/h1-4H/q-1. The molecule has 0 fully saturated rings. The molecule has 0 radical (unpaired) electrons. The average molecular weight is 110 g/mol. The van der Waals surface area contributed by atoms with E-state index in [9.17, 15) is 10.0 Å². The highest BCUT2D eigenvalue weighted by Crippen LogP contribution is 1.74. The van der Waals surface area contributed by atoms with Crippen molar-refractivity contribution >= 4 is 0 Å². The van der Waals surface area contributed by atoms with E-state index in [1.54, 1.807) is 0 Å². The Hall–Kier alpha value is -1.25. The first-order valence-corrected chi connectivity index (χ1v) is 2.16. The Morgan fingerprint density at radius 1 is 1.50 bits per heavy atom. The Labute approximate surface area is 45.8 Å². The zero-order chi connectivity index (χ0) is 5.98. The third-order valence-corrected chi connectivity index (χ3v) is 0.789. The third-order valence-electron chi connectivity index (χ3n) is 0.789. The van der Waals surface area contributed by atoms with Crippen molar-refractivity contribution in [2.24, 2.45) is 0 Å². The van der Waals surface area contributed by atoms with E-state index >= 15 is 0 Å². The smallest absolute Gasteiger partial charge is 0.245 e. The minimum absolute atomic E-state index is 0.278. The summed E-state index contributed by atoms with van der Waals surface area (Å²) in [6, 6.07) is 4.25. The zero-order valence-electron chi connectivity index (χ0n) is 4.07. The molecule has 0 bridgehead atoms. The molecule has 0 aliphatic heterocycles. The highest BCUT2D eigenvalue weighted by molar-refractivity contribution is 4.93. The molecule has 8 heavy (non-hydrogen) atoms. The molecule has 0 unspecified atom stereocenters. The summed E-state index contributed by atoms with van der Waals surface area (Å²) in [6.45, 7) is 0. The van der Waals surface area contributed by atoms with Crippen LogP contribution in [0.3, 0.4) is 0 Å². The Morgan fingerprint density at radius 2 is 2.25 bits per heavy atom. The van der Waals surface area contributed by atoms with E-state index in [1.807, 2.05) is 0 Å². The van der Waals surface area contributed by atoms with E-state index < -0.39 is 5.56 Å². The highest BCUT2D eigenvalue weighted by Gasteiger charge is 1.75. The number of hydrogen-bond donors (Lipinski definition) is 0. The van der Waals surface area contributed by atoms with E-state index in [1.165, 1.54) is 24.4 Å². The zero-order valence-corrected chi connectivity index (χ0v) is 4.07. The quantitative estimate of drug-likeness (QED) is 0.478. The fourth-order valence-corrected chi connectivity index (χ4v) is 0.413. The Morgan fingerprint density at radius 3 is 2.62 bits per heavy atom. The molecule has 0 aliphatic carbocycles. The Kier molecular flexibility index (Phi) is 1.04. The van der Waals surface area contributed by atoms with Gasteiger partial charge in [-0.25, -0.2) is 0 Å². The predicted molar refractivity (Wildman–Crippen MR) is 29.5 cm³/mol. The number of hydrogen-bond acceptors (Lipinski definition) is 2. The molecule has 0 saturated carbocycles. The van der Waals surface area contributed by atoms with Crippen molar-refractivity contribution in [2.75, 3.05) is 0 Å². The van der Waals surface area contributed by atoms with E-state index in [0.29, 0.717) is 0 Å². The summed E-state index contributed by atoms with van der Waals surface area (Å²) in [5.41, 5.74) is -0.521. The first kappa shape index (κ1) is 4.90. The van der Waals surface area contributed by atoms with Crippen molar-refractivity contribution < 1.29 is 0 Å². The molecule has 1 aromatic heterocycles. The van der Waals surface area contributed by atoms with Crippen molar-refractivity contribution in [1.29, 1.82) is 0 Å². The summed E-state index contributed by atoms with van der Waals surface area (Å²) in [5, 5.41) is 10.2. The maximum absolute atomic E-state index is 10.3. The van der Waals surface area contributed by atoms with E-state index in [2.05, 4.69) is 0 Å². The van der Waals surface area contributed by atoms with Crippen LogP contribution in [0.5, 0.6) is 0 Å². The van der Waals surface area contributed by atoms with Gasteiger partial charge in [0, 0.05) is 12.3 Å². The molecule has 1 rings (SSSR count). The van der Waals surface area contributed by atoms with E-state index in [-0.39, 0.29) is 4.73 Å². The predicted octanol–water partition coefficient (Wildman–Crippen LogP) is 0.194. The van der Waals surface area contributed by atoms with Gasteiger partial charge in [-0.15, -0.1) is 0 Å². The van der Waals surface area contributed by atoms with Crippen LogP contribution in [0, 0.1) is 5.21 Å². The molecule has 0 aromatic carbocycles. The molecule has 1 aromatic rings. The van der Waals surface area contributed by atoms with Crippen molar-refractivity contribution in [3.05, 3.63) is 40.0 Å². The lowest BCUT2D eigenvalue weighted by Gasteiger charge is -2.04. The topological polar surface area (TPSA) is 45.1 Å². The van der Waals surface area contributed by atoms with Gasteiger partial charge >= 0.3 is 0 Å². The summed E-state index contributed by atoms with van der Waals surface area (Å²) in [6.07, 6.45) is 1.17. The van der Waals surface area contributed by atoms with Crippen LogP contribution in [-0.2, 0) is 0 Å². The average Bonchev–Trinajstić information content (AvgIpc) is 1.77. The maximum Gasteiger partial charge on any atom is 0.245 e. The van der Waals surface area contributed by atoms with Crippen LogP contribution in [0.4, 0.5) is 0 Å². The molecule has 3 heteroatoms. The highest BCUT2D eigenvalue weighted by atomic mass is 16.5. The fraction of sp³-hybridized carbons (Fsp3) is 0. The third kappa shape index (κ3) is 0.703. The monoisotopic (exact) mass is 110 g/mol. The molecule has 0 atom stereocenters. The first-order valence-electron chi connectivity index (χ1n) is 2.16. The van der Waals surface area contributed by atoms with Gasteiger partial charge in [-0.2, -0.15) is 0 Å². The van der Waals surface area contributed by atoms with Gasteiger partial charge in [-0.05, 0) is 6.07 Å². The number of aromatic nitrogens is 1. The first-order chi connectivity index (χ1) is 3.80. The largest absolute Gasteiger partial charge is 0.803 e. The summed E-state index contributed by atoms with van der Waals surface area (Å²) in [5.74, 6) is 0. The molecule has 3 nitrogen and oxygen atoms in total. The normalized spacial score (nSPS) is 9.00. The minimum atomic E-state index is -0.521. The molecule has 1 heterocycles. The van der Waals surface area contributed by atoms with Crippen molar-refractivity contribution in [3.63, 3.8) is 0 Å². The van der Waals surface area contributed by atoms with Gasteiger partial charge in [0.2, 0.25) is 5.56 Å². The van der Waals surface area contributed by atoms with Gasteiger partial charge in [-0.1, -0.05) is 6.07 Å². The van der Waals surface area contributed by atoms with Gasteiger partial charge in [0.25, 0.3) is 0 Å². The molecule has 0 aliphatic rings. The van der Waals surface area contributed by atoms with Crippen LogP contribution in [0.15, 0.2) is 29.2 Å². The molecule has 0 spiro atoms. The molecular formula is C5H4NO2-. The molecule has 0 saturated heterocycles. The van der Waals surface area contributed by atoms with Crippen LogP contribution in [0.1, 0.15) is 0 Å². The van der Waals surface area contributed by atoms with Gasteiger partial charge in [-0.3, -0.25) is 4.79 Å². The maximum atomic E-state index is 10.3. The second-order valence-electron chi connectivity index (χ2n) is 1.36. The van der Waals surface area contributed by atoms with Gasteiger partial charge in [0.1, 0.15) is 0 Å². The van der Waals surface area contributed by atoms with Crippen molar-refractivity contribution in [2.45, 2.75) is 0 Å². The number of rotatable bonds is 0. The van der Waals surface area contributed by atoms with Crippen LogP contribution < -0.4 is 5.56 Å². The summed E-state index contributed by atoms with van der Waals surface area (Å²) >= 11 is 0. The fourth-order valence-electron chi connectivity index (χ4n) is 0.413. The number of pyridine rings is 1. The lowest BCUT2D eigenvalue weighted by molar-refractivity contribution is 1.00. The van der Waals surface area contributed by atoms with Crippen LogP contribution in [0.25, 0.3) is 0 Å². The van der Waals surface area contributed by atoms with Gasteiger partial charge < -0.3 is 9.94 Å². The molecule has 0 amide bonds. The van der Waals surface area contributed by atoms with E-state index in [4.69, 9.17) is 0 Å². The molecular weight excluding hydrogens is 106 g/mol. The second kappa shape index (κ2) is 1.69. The molecule has 42 valence electrons. The summed E-state index contributed by atoms with van der Waals surface area (Å²) < 4.78 is 0.278. The minimum Gasteiger partial charge on any atom is -0.803 e. The van der Waals surface area contributed by atoms with Crippen LogP contribution in [0.2, 0.25) is 0 Å². The van der Waals surface area contributed by atoms with Crippen molar-refractivity contribution in [1.82, 2.24) is 4.73 Å². The van der Waals surface area contributed by atoms with Crippen LogP contribution in [-0.4, -0.2) is 4.73 Å². The van der Waals surface area contributed by atoms with Gasteiger partial charge in [0.05, 0.1) is 0 Å². The summed E-state index contributed by atoms with van der Waals surface area (Å²) in [7, 11) is 0. The Bertz CT molecular complexity index is 228. The van der Waals surface area contributed by atoms with E-state index in [0.717, 1.165) is 0 Å². The lowest BCUT2D eigenvalue weighted by atomic mass is 10.5. The summed E-state index contributed by atoms with van der Waals surface area (Å²) in [4.78, 5) is 10.3. The Balaban J connectivity index is 3.35. The molecule has 0 N–H and O–H groups in total. The second-order valence-corrected chi connectivity index (χ2v) is 1.36. The van der Waals surface area contributed by atoms with Crippen LogP contribution >= 0.6 is 0 Å². The lowest BCUT2D eigenvalue weighted by Crippen LogP contribution is -2.11. The van der Waals surface area contributed by atoms with Gasteiger partial charge in [0.15, 0.2) is 0 Å². The SMILES string of the molecule is O=c1ccccn1[O-].